The Balaban J connectivity index is 2.42. The molecule has 2 aromatic rings. The van der Waals surface area contributed by atoms with Crippen molar-refractivity contribution in [1.82, 2.24) is 0 Å². The second kappa shape index (κ2) is 10.0. The molecule has 2 aromatic carbocycles. The average Bonchev–Trinajstić information content (AvgIpc) is 2.68. The molecule has 30 heavy (non-hydrogen) atoms. The van der Waals surface area contributed by atoms with Gasteiger partial charge in [0.15, 0.2) is 0 Å². The highest BCUT2D eigenvalue weighted by atomic mass is 35.5. The van der Waals surface area contributed by atoms with E-state index < -0.39 is 23.3 Å². The first kappa shape index (κ1) is 23.1. The van der Waals surface area contributed by atoms with Crippen molar-refractivity contribution in [2.24, 2.45) is 0 Å². The number of benzene rings is 2. The van der Waals surface area contributed by atoms with Gasteiger partial charge in [0.25, 0.3) is 0 Å². The molecule has 160 valence electrons. The van der Waals surface area contributed by atoms with Crippen LogP contribution in [-0.2, 0) is 20.9 Å². The zero-order valence-corrected chi connectivity index (χ0v) is 17.9. The lowest BCUT2D eigenvalue weighted by molar-refractivity contribution is -0.138. The third-order valence-corrected chi connectivity index (χ3v) is 3.83. The molecule has 7 nitrogen and oxygen atoms in total. The topological polar surface area (TPSA) is 91.3 Å². The van der Waals surface area contributed by atoms with Gasteiger partial charge in [-0.25, -0.2) is 9.59 Å². The standard InChI is InChI=1S/C22H23ClO7/c1-22(2,3)30-21(26)19-16(28-13-14-7-5-8-15(23)11-14)9-6-10-17(19)29-18(12-24)20(25)27-4/h5-12,24H,13H2,1-4H3. The van der Waals surface area contributed by atoms with Crippen LogP contribution < -0.4 is 9.47 Å². The number of esters is 2. The smallest absolute Gasteiger partial charge is 0.377 e. The summed E-state index contributed by atoms with van der Waals surface area (Å²) in [6.07, 6.45) is 0.449. The molecule has 0 spiro atoms. The Labute approximate surface area is 179 Å². The fourth-order valence-corrected chi connectivity index (χ4v) is 2.59. The van der Waals surface area contributed by atoms with Crippen LogP contribution in [0.25, 0.3) is 0 Å². The molecule has 2 rings (SSSR count). The molecule has 0 saturated carbocycles. The van der Waals surface area contributed by atoms with E-state index in [1.165, 1.54) is 6.07 Å². The van der Waals surface area contributed by atoms with Crippen LogP contribution >= 0.6 is 11.6 Å². The summed E-state index contributed by atoms with van der Waals surface area (Å²) in [5.74, 6) is -2.02. The minimum atomic E-state index is -0.919. The minimum absolute atomic E-state index is 0.0430. The van der Waals surface area contributed by atoms with Gasteiger partial charge in [0.05, 0.1) is 7.11 Å². The highest BCUT2D eigenvalue weighted by Gasteiger charge is 2.27. The van der Waals surface area contributed by atoms with E-state index in [2.05, 4.69) is 4.74 Å². The molecule has 0 aliphatic carbocycles. The van der Waals surface area contributed by atoms with Crippen LogP contribution in [0, 0.1) is 0 Å². The Morgan fingerprint density at radius 3 is 2.37 bits per heavy atom. The minimum Gasteiger partial charge on any atom is -0.511 e. The normalized spacial score (nSPS) is 11.6. The Morgan fingerprint density at radius 2 is 1.77 bits per heavy atom. The van der Waals surface area contributed by atoms with E-state index in [0.29, 0.717) is 11.3 Å². The Morgan fingerprint density at radius 1 is 1.10 bits per heavy atom. The fraction of sp³-hybridized carbons (Fsp3) is 0.273. The number of aliphatic hydroxyl groups is 1. The molecular weight excluding hydrogens is 412 g/mol. The summed E-state index contributed by atoms with van der Waals surface area (Å²) < 4.78 is 21.3. The zero-order valence-electron chi connectivity index (χ0n) is 17.1. The Kier molecular flexibility index (Phi) is 7.72. The lowest BCUT2D eigenvalue weighted by Crippen LogP contribution is -2.25. The molecule has 0 radical (unpaired) electrons. The monoisotopic (exact) mass is 434 g/mol. The van der Waals surface area contributed by atoms with E-state index in [1.807, 2.05) is 6.07 Å². The van der Waals surface area contributed by atoms with Gasteiger partial charge in [0.1, 0.15) is 35.5 Å². The Bertz CT molecular complexity index is 945. The van der Waals surface area contributed by atoms with Gasteiger partial charge in [0.2, 0.25) is 5.76 Å². The summed E-state index contributed by atoms with van der Waals surface area (Å²) in [5, 5.41) is 9.86. The van der Waals surface area contributed by atoms with E-state index in [1.54, 1.807) is 51.1 Å². The number of carbonyl (C=O) groups is 2. The van der Waals surface area contributed by atoms with Gasteiger partial charge in [-0.1, -0.05) is 29.8 Å². The van der Waals surface area contributed by atoms with Gasteiger partial charge in [-0.3, -0.25) is 0 Å². The van der Waals surface area contributed by atoms with Crippen LogP contribution in [0.2, 0.25) is 5.02 Å². The van der Waals surface area contributed by atoms with Crippen molar-refractivity contribution in [2.45, 2.75) is 33.0 Å². The van der Waals surface area contributed by atoms with Gasteiger partial charge >= 0.3 is 11.9 Å². The van der Waals surface area contributed by atoms with Crippen LogP contribution in [0.4, 0.5) is 0 Å². The summed E-state index contributed by atoms with van der Waals surface area (Å²) in [4.78, 5) is 24.6. The summed E-state index contributed by atoms with van der Waals surface area (Å²) in [7, 11) is 1.13. The molecule has 0 amide bonds. The maximum Gasteiger partial charge on any atom is 0.377 e. The SMILES string of the molecule is COC(=O)C(=CO)Oc1cccc(OCc2cccc(Cl)c2)c1C(=O)OC(C)(C)C. The fourth-order valence-electron chi connectivity index (χ4n) is 2.37. The maximum absolute atomic E-state index is 12.9. The molecule has 0 aliphatic heterocycles. The molecule has 0 fully saturated rings. The number of hydrogen-bond acceptors (Lipinski definition) is 7. The number of ether oxygens (including phenoxy) is 4. The third-order valence-electron chi connectivity index (χ3n) is 3.60. The van der Waals surface area contributed by atoms with Crippen LogP contribution in [-0.4, -0.2) is 29.8 Å². The lowest BCUT2D eigenvalue weighted by atomic mass is 10.1. The maximum atomic E-state index is 12.9. The number of hydrogen-bond donors (Lipinski definition) is 1. The quantitative estimate of drug-likeness (QED) is 0.379. The number of aliphatic hydroxyl groups excluding tert-OH is 1. The predicted molar refractivity (Wildman–Crippen MR) is 111 cm³/mol. The molecule has 0 bridgehead atoms. The highest BCUT2D eigenvalue weighted by molar-refractivity contribution is 6.30. The van der Waals surface area contributed by atoms with E-state index in [-0.39, 0.29) is 23.7 Å². The summed E-state index contributed by atoms with van der Waals surface area (Å²) in [5.41, 5.74) is -0.0426. The van der Waals surface area contributed by atoms with Crippen molar-refractivity contribution in [2.75, 3.05) is 7.11 Å². The van der Waals surface area contributed by atoms with Gasteiger partial charge < -0.3 is 24.1 Å². The largest absolute Gasteiger partial charge is 0.511 e. The molecule has 0 aromatic heterocycles. The number of rotatable bonds is 7. The molecule has 0 heterocycles. The molecule has 1 N–H and O–H groups in total. The Hall–Kier alpha value is -3.19. The zero-order chi connectivity index (χ0) is 22.3. The molecule has 0 unspecified atom stereocenters. The van der Waals surface area contributed by atoms with E-state index in [9.17, 15) is 14.7 Å². The molecule has 8 heteroatoms. The van der Waals surface area contributed by atoms with Crippen LogP contribution in [0.5, 0.6) is 11.5 Å². The van der Waals surface area contributed by atoms with Crippen molar-refractivity contribution in [1.29, 1.82) is 0 Å². The first-order valence-electron chi connectivity index (χ1n) is 8.98. The van der Waals surface area contributed by atoms with Crippen molar-refractivity contribution in [3.8, 4) is 11.5 Å². The highest BCUT2D eigenvalue weighted by Crippen LogP contribution is 2.32. The number of carbonyl (C=O) groups excluding carboxylic acids is 2. The summed E-state index contributed by atoms with van der Waals surface area (Å²) in [6.45, 7) is 5.27. The van der Waals surface area contributed by atoms with Gasteiger partial charge in [-0.2, -0.15) is 0 Å². The number of methoxy groups -OCH3 is 1. The van der Waals surface area contributed by atoms with Crippen molar-refractivity contribution < 1.29 is 33.6 Å². The van der Waals surface area contributed by atoms with Crippen molar-refractivity contribution in [3.63, 3.8) is 0 Å². The van der Waals surface area contributed by atoms with Crippen LogP contribution in [0.3, 0.4) is 0 Å². The molecule has 0 aliphatic rings. The van der Waals surface area contributed by atoms with Crippen molar-refractivity contribution >= 4 is 23.5 Å². The van der Waals surface area contributed by atoms with Crippen LogP contribution in [0.15, 0.2) is 54.5 Å². The summed E-state index contributed by atoms with van der Waals surface area (Å²) >= 11 is 6.00. The third kappa shape index (κ3) is 6.42. The van der Waals surface area contributed by atoms with Gasteiger partial charge in [-0.05, 0) is 50.6 Å². The second-order valence-corrected chi connectivity index (χ2v) is 7.57. The van der Waals surface area contributed by atoms with Gasteiger partial charge in [-0.15, -0.1) is 0 Å². The lowest BCUT2D eigenvalue weighted by Gasteiger charge is -2.22. The second-order valence-electron chi connectivity index (χ2n) is 7.14. The molecule has 0 atom stereocenters. The average molecular weight is 435 g/mol. The number of halogens is 1. The predicted octanol–water partition coefficient (Wildman–Crippen LogP) is 4.83. The first-order chi connectivity index (χ1) is 14.1. The van der Waals surface area contributed by atoms with Crippen molar-refractivity contribution in [3.05, 3.63) is 70.6 Å². The van der Waals surface area contributed by atoms with Gasteiger partial charge in [0, 0.05) is 5.02 Å². The van der Waals surface area contributed by atoms with E-state index in [4.69, 9.17) is 25.8 Å². The van der Waals surface area contributed by atoms with Crippen LogP contribution in [0.1, 0.15) is 36.7 Å². The molecular formula is C22H23ClO7. The molecule has 0 saturated heterocycles. The first-order valence-corrected chi connectivity index (χ1v) is 9.36. The van der Waals surface area contributed by atoms with E-state index in [0.717, 1.165) is 12.7 Å². The summed E-state index contributed by atoms with van der Waals surface area (Å²) in [6, 6.07) is 11.7. The van der Waals surface area contributed by atoms with E-state index >= 15 is 0 Å².